The van der Waals surface area contributed by atoms with E-state index in [2.05, 4.69) is 5.10 Å². The van der Waals surface area contributed by atoms with Crippen LogP contribution in [0.5, 0.6) is 0 Å². The zero-order valence-corrected chi connectivity index (χ0v) is 16.3. The van der Waals surface area contributed by atoms with Gasteiger partial charge in [-0.3, -0.25) is 9.59 Å². The van der Waals surface area contributed by atoms with Crippen LogP contribution >= 0.6 is 23.4 Å². The van der Waals surface area contributed by atoms with Crippen molar-refractivity contribution in [3.8, 4) is 5.69 Å². The van der Waals surface area contributed by atoms with Crippen LogP contribution in [0.25, 0.3) is 5.69 Å². The minimum absolute atomic E-state index is 0.0402. The van der Waals surface area contributed by atoms with Crippen LogP contribution in [0.3, 0.4) is 0 Å². The number of piperazine rings is 1. The van der Waals surface area contributed by atoms with E-state index in [1.807, 2.05) is 53.3 Å². The summed E-state index contributed by atoms with van der Waals surface area (Å²) in [6.07, 6.45) is 3.56. The van der Waals surface area contributed by atoms with Crippen molar-refractivity contribution in [1.82, 2.24) is 14.7 Å². The van der Waals surface area contributed by atoms with E-state index in [0.717, 1.165) is 0 Å². The molecule has 1 aliphatic heterocycles. The second-order valence-electron chi connectivity index (χ2n) is 6.09. The third kappa shape index (κ3) is 3.73. The molecule has 1 saturated heterocycles. The topological polar surface area (TPSA) is 58.4 Å². The van der Waals surface area contributed by atoms with Crippen molar-refractivity contribution >= 4 is 35.0 Å². The van der Waals surface area contributed by atoms with E-state index in [-0.39, 0.29) is 21.7 Å². The van der Waals surface area contributed by atoms with Gasteiger partial charge in [0.25, 0.3) is 5.56 Å². The lowest BCUT2D eigenvalue weighted by molar-refractivity contribution is -0.130. The molecular weight excluding hydrogens is 372 g/mol. The lowest BCUT2D eigenvalue weighted by Gasteiger charge is -2.37. The number of halogens is 1. The molecule has 2 aromatic rings. The third-order valence-electron chi connectivity index (χ3n) is 4.53. The predicted octanol–water partition coefficient (Wildman–Crippen LogP) is 2.29. The Labute approximate surface area is 161 Å². The van der Waals surface area contributed by atoms with Gasteiger partial charge in [0.15, 0.2) is 0 Å². The third-order valence-corrected chi connectivity index (χ3v) is 5.80. The van der Waals surface area contributed by atoms with Crippen molar-refractivity contribution in [2.24, 2.45) is 0 Å². The standard InChI is InChI=1S/C18H21ClN4O2S/c1-13(26-2)17(24)22-10-8-21(9-11-22)15-12-20-23(18(25)16(15)19)14-6-4-3-5-7-14/h3-7,12-13H,8-11H2,1-2H3. The van der Waals surface area contributed by atoms with Crippen LogP contribution in [0, 0.1) is 0 Å². The summed E-state index contributed by atoms with van der Waals surface area (Å²) in [6, 6.07) is 9.18. The quantitative estimate of drug-likeness (QED) is 0.799. The highest BCUT2D eigenvalue weighted by Gasteiger charge is 2.26. The van der Waals surface area contributed by atoms with E-state index in [1.165, 1.54) is 4.68 Å². The minimum Gasteiger partial charge on any atom is -0.365 e. The first-order valence-corrected chi connectivity index (χ1v) is 10.1. The van der Waals surface area contributed by atoms with Crippen LogP contribution in [-0.4, -0.2) is 58.3 Å². The Morgan fingerprint density at radius 3 is 2.46 bits per heavy atom. The van der Waals surface area contributed by atoms with E-state index < -0.39 is 0 Å². The second kappa shape index (κ2) is 8.14. The molecule has 1 fully saturated rings. The molecule has 1 aromatic heterocycles. The number of anilines is 1. The first kappa shape index (κ1) is 18.8. The largest absolute Gasteiger partial charge is 0.365 e. The molecule has 3 rings (SSSR count). The average Bonchev–Trinajstić information content (AvgIpc) is 2.69. The molecular formula is C18H21ClN4O2S. The molecule has 0 saturated carbocycles. The summed E-state index contributed by atoms with van der Waals surface area (Å²) in [7, 11) is 0. The van der Waals surface area contributed by atoms with Gasteiger partial charge in [0.2, 0.25) is 5.91 Å². The van der Waals surface area contributed by atoms with Crippen LogP contribution in [0.1, 0.15) is 6.92 Å². The van der Waals surface area contributed by atoms with E-state index in [9.17, 15) is 9.59 Å². The van der Waals surface area contributed by atoms with Crippen molar-refractivity contribution in [2.45, 2.75) is 12.2 Å². The highest BCUT2D eigenvalue weighted by atomic mass is 35.5. The van der Waals surface area contributed by atoms with E-state index in [4.69, 9.17) is 11.6 Å². The Hall–Kier alpha value is -1.99. The Bertz CT molecular complexity index is 835. The maximum atomic E-state index is 12.6. The van der Waals surface area contributed by atoms with Gasteiger partial charge in [-0.2, -0.15) is 21.5 Å². The number of hydrogen-bond acceptors (Lipinski definition) is 5. The molecule has 0 aliphatic carbocycles. The fraction of sp³-hybridized carbons (Fsp3) is 0.389. The Balaban J connectivity index is 1.77. The first-order chi connectivity index (χ1) is 12.5. The number of hydrogen-bond donors (Lipinski definition) is 0. The van der Waals surface area contributed by atoms with Gasteiger partial charge < -0.3 is 9.80 Å². The molecule has 1 atom stereocenters. The molecule has 138 valence electrons. The molecule has 0 N–H and O–H groups in total. The van der Waals surface area contributed by atoms with E-state index in [1.54, 1.807) is 18.0 Å². The maximum absolute atomic E-state index is 12.6. The van der Waals surface area contributed by atoms with E-state index in [0.29, 0.717) is 37.6 Å². The Kier molecular flexibility index (Phi) is 5.88. The Morgan fingerprint density at radius 2 is 1.85 bits per heavy atom. The summed E-state index contributed by atoms with van der Waals surface area (Å²) >= 11 is 7.90. The summed E-state index contributed by atoms with van der Waals surface area (Å²) in [5.74, 6) is 0.154. The lowest BCUT2D eigenvalue weighted by atomic mass is 10.2. The highest BCUT2D eigenvalue weighted by molar-refractivity contribution is 7.99. The number of carbonyl (C=O) groups is 1. The lowest BCUT2D eigenvalue weighted by Crippen LogP contribution is -2.51. The van der Waals surface area contributed by atoms with Crippen molar-refractivity contribution < 1.29 is 4.79 Å². The summed E-state index contributed by atoms with van der Waals surface area (Å²) < 4.78 is 1.30. The van der Waals surface area contributed by atoms with Gasteiger partial charge in [0.1, 0.15) is 5.02 Å². The maximum Gasteiger partial charge on any atom is 0.292 e. The number of benzene rings is 1. The van der Waals surface area contributed by atoms with Crippen LogP contribution in [0.2, 0.25) is 5.02 Å². The zero-order chi connectivity index (χ0) is 18.7. The van der Waals surface area contributed by atoms with Crippen molar-refractivity contribution in [2.75, 3.05) is 37.3 Å². The first-order valence-electron chi connectivity index (χ1n) is 8.42. The van der Waals surface area contributed by atoms with Gasteiger partial charge in [-0.1, -0.05) is 29.8 Å². The van der Waals surface area contributed by atoms with Gasteiger partial charge in [0.05, 0.1) is 22.8 Å². The van der Waals surface area contributed by atoms with Gasteiger partial charge >= 0.3 is 0 Å². The Morgan fingerprint density at radius 1 is 1.19 bits per heavy atom. The van der Waals surface area contributed by atoms with Crippen LogP contribution in [0.4, 0.5) is 5.69 Å². The van der Waals surface area contributed by atoms with Crippen molar-refractivity contribution in [3.05, 3.63) is 51.9 Å². The molecule has 0 radical (unpaired) electrons. The van der Waals surface area contributed by atoms with Gasteiger partial charge in [0, 0.05) is 26.2 Å². The molecule has 0 spiro atoms. The number of thioether (sulfide) groups is 1. The second-order valence-corrected chi connectivity index (χ2v) is 7.64. The van der Waals surface area contributed by atoms with Crippen LogP contribution in [-0.2, 0) is 4.79 Å². The zero-order valence-electron chi connectivity index (χ0n) is 14.8. The number of para-hydroxylation sites is 1. The average molecular weight is 393 g/mol. The SMILES string of the molecule is CSC(C)C(=O)N1CCN(c2cnn(-c3ccccc3)c(=O)c2Cl)CC1. The summed E-state index contributed by atoms with van der Waals surface area (Å²) in [5.41, 5.74) is 0.950. The van der Waals surface area contributed by atoms with Crippen LogP contribution in [0.15, 0.2) is 41.3 Å². The molecule has 2 heterocycles. The molecule has 0 bridgehead atoms. The smallest absolute Gasteiger partial charge is 0.292 e. The molecule has 1 aliphatic rings. The molecule has 1 amide bonds. The van der Waals surface area contributed by atoms with Gasteiger partial charge in [-0.05, 0) is 25.3 Å². The summed E-state index contributed by atoms with van der Waals surface area (Å²) in [5, 5.41) is 4.39. The van der Waals surface area contributed by atoms with Crippen molar-refractivity contribution in [1.29, 1.82) is 0 Å². The minimum atomic E-state index is -0.343. The monoisotopic (exact) mass is 392 g/mol. The fourth-order valence-corrected chi connectivity index (χ4v) is 3.52. The number of aromatic nitrogens is 2. The predicted molar refractivity (Wildman–Crippen MR) is 107 cm³/mol. The molecule has 8 heteroatoms. The van der Waals surface area contributed by atoms with Gasteiger partial charge in [-0.15, -0.1) is 0 Å². The number of carbonyl (C=O) groups excluding carboxylic acids is 1. The van der Waals surface area contributed by atoms with E-state index >= 15 is 0 Å². The summed E-state index contributed by atoms with van der Waals surface area (Å²) in [4.78, 5) is 28.8. The normalized spacial score (nSPS) is 15.8. The highest BCUT2D eigenvalue weighted by Crippen LogP contribution is 2.23. The van der Waals surface area contributed by atoms with Crippen LogP contribution < -0.4 is 10.5 Å². The number of nitrogens with zero attached hydrogens (tertiary/aromatic N) is 4. The number of amides is 1. The van der Waals surface area contributed by atoms with Gasteiger partial charge in [-0.25, -0.2) is 0 Å². The fourth-order valence-electron chi connectivity index (χ4n) is 2.92. The molecule has 26 heavy (non-hydrogen) atoms. The molecule has 6 nitrogen and oxygen atoms in total. The summed E-state index contributed by atoms with van der Waals surface area (Å²) in [6.45, 7) is 4.40. The van der Waals surface area contributed by atoms with Crippen molar-refractivity contribution in [3.63, 3.8) is 0 Å². The number of rotatable bonds is 4. The molecule has 1 aromatic carbocycles. The molecule has 1 unspecified atom stereocenters.